The molecule has 2 rings (SSSR count). The number of rotatable bonds is 5. The second kappa shape index (κ2) is 6.28. The number of aliphatic hydroxyl groups excluding tert-OH is 1. The van der Waals surface area contributed by atoms with Crippen molar-refractivity contribution in [2.45, 2.75) is 63.6 Å². The second-order valence-corrected chi connectivity index (χ2v) is 7.37. The van der Waals surface area contributed by atoms with Crippen molar-refractivity contribution in [1.29, 1.82) is 0 Å². The largest absolute Gasteiger partial charge is 0.390 e. The topological polar surface area (TPSA) is 62.5 Å². The Bertz CT molecular complexity index is 551. The predicted octanol–water partition coefficient (Wildman–Crippen LogP) is 1.95. The number of piperidine rings is 1. The van der Waals surface area contributed by atoms with E-state index in [9.17, 15) is 13.5 Å². The van der Waals surface area contributed by atoms with Crippen LogP contribution in [-0.4, -0.2) is 35.0 Å². The van der Waals surface area contributed by atoms with Gasteiger partial charge in [-0.25, -0.2) is 8.42 Å². The maximum absolute atomic E-state index is 12.7. The molecular weight excluding hydrogens is 276 g/mol. The summed E-state index contributed by atoms with van der Waals surface area (Å²) in [4.78, 5) is 0.309. The number of hydrogen-bond acceptors (Lipinski definition) is 3. The Morgan fingerprint density at radius 1 is 1.40 bits per heavy atom. The van der Waals surface area contributed by atoms with Crippen molar-refractivity contribution in [2.24, 2.45) is 0 Å². The summed E-state index contributed by atoms with van der Waals surface area (Å²) in [6.07, 6.45) is 5.49. The van der Waals surface area contributed by atoms with Gasteiger partial charge in [-0.3, -0.25) is 0 Å². The zero-order chi connectivity index (χ0) is 14.8. The van der Waals surface area contributed by atoms with E-state index < -0.39 is 10.0 Å². The van der Waals surface area contributed by atoms with Crippen molar-refractivity contribution < 1.29 is 13.5 Å². The number of aliphatic hydroxyl groups is 1. The Morgan fingerprint density at radius 2 is 2.15 bits per heavy atom. The van der Waals surface area contributed by atoms with Crippen LogP contribution in [0.1, 0.15) is 45.2 Å². The third-order valence-electron chi connectivity index (χ3n) is 3.94. The van der Waals surface area contributed by atoms with Crippen LogP contribution in [0.3, 0.4) is 0 Å². The van der Waals surface area contributed by atoms with Gasteiger partial charge in [-0.2, -0.15) is 4.31 Å². The fraction of sp³-hybridized carbons (Fsp3) is 0.714. The van der Waals surface area contributed by atoms with Crippen LogP contribution in [0.5, 0.6) is 0 Å². The van der Waals surface area contributed by atoms with Gasteiger partial charge in [0, 0.05) is 31.0 Å². The van der Waals surface area contributed by atoms with Gasteiger partial charge in [0.05, 0.1) is 6.61 Å². The van der Waals surface area contributed by atoms with Gasteiger partial charge in [-0.15, -0.1) is 0 Å². The minimum atomic E-state index is -3.44. The van der Waals surface area contributed by atoms with Gasteiger partial charge in [0.15, 0.2) is 0 Å². The van der Waals surface area contributed by atoms with Gasteiger partial charge in [-0.1, -0.05) is 13.3 Å². The monoisotopic (exact) mass is 300 g/mol. The van der Waals surface area contributed by atoms with Crippen molar-refractivity contribution >= 4 is 10.0 Å². The zero-order valence-electron chi connectivity index (χ0n) is 12.2. The molecular formula is C14H24N2O3S. The average molecular weight is 300 g/mol. The smallest absolute Gasteiger partial charge is 0.244 e. The molecule has 0 aliphatic carbocycles. The molecule has 2 heterocycles. The lowest BCUT2D eigenvalue weighted by molar-refractivity contribution is 0.268. The molecule has 0 amide bonds. The summed E-state index contributed by atoms with van der Waals surface area (Å²) >= 11 is 0. The summed E-state index contributed by atoms with van der Waals surface area (Å²) in [5, 5.41) is 9.36. The minimum Gasteiger partial charge on any atom is -0.390 e. The number of aromatic nitrogens is 1. The van der Waals surface area contributed by atoms with Crippen LogP contribution in [0.15, 0.2) is 17.2 Å². The van der Waals surface area contributed by atoms with E-state index in [2.05, 4.69) is 0 Å². The summed E-state index contributed by atoms with van der Waals surface area (Å²) in [6.45, 7) is 5.18. The van der Waals surface area contributed by atoms with Crippen molar-refractivity contribution in [3.8, 4) is 0 Å². The molecule has 0 bridgehead atoms. The van der Waals surface area contributed by atoms with E-state index in [1.54, 1.807) is 16.6 Å². The fourth-order valence-corrected chi connectivity index (χ4v) is 4.58. The second-order valence-electron chi connectivity index (χ2n) is 5.48. The Kier molecular flexibility index (Phi) is 4.88. The van der Waals surface area contributed by atoms with Gasteiger partial charge >= 0.3 is 0 Å². The minimum absolute atomic E-state index is 0.0563. The van der Waals surface area contributed by atoms with Gasteiger partial charge in [-0.05, 0) is 32.3 Å². The molecule has 1 aromatic heterocycles. The summed E-state index contributed by atoms with van der Waals surface area (Å²) in [6, 6.07) is 1.66. The van der Waals surface area contributed by atoms with Crippen LogP contribution in [0.25, 0.3) is 0 Å². The molecule has 1 unspecified atom stereocenters. The van der Waals surface area contributed by atoms with E-state index in [-0.39, 0.29) is 12.6 Å². The first-order valence-corrected chi connectivity index (χ1v) is 8.76. The van der Waals surface area contributed by atoms with Gasteiger partial charge in [0.25, 0.3) is 0 Å². The molecule has 1 saturated heterocycles. The number of aryl methyl sites for hydroxylation is 1. The normalized spacial score (nSPS) is 21.2. The lowest BCUT2D eigenvalue weighted by atomic mass is 10.1. The Labute approximate surface area is 121 Å². The maximum Gasteiger partial charge on any atom is 0.244 e. The third-order valence-corrected chi connectivity index (χ3v) is 5.91. The highest BCUT2D eigenvalue weighted by atomic mass is 32.2. The van der Waals surface area contributed by atoms with E-state index in [1.165, 1.54) is 0 Å². The highest BCUT2D eigenvalue weighted by molar-refractivity contribution is 7.89. The summed E-state index contributed by atoms with van der Waals surface area (Å²) in [5.41, 5.74) is 0.662. The Balaban J connectivity index is 2.33. The van der Waals surface area contributed by atoms with Crippen molar-refractivity contribution in [3.63, 3.8) is 0 Å². The molecule has 0 spiro atoms. The molecule has 0 radical (unpaired) electrons. The quantitative estimate of drug-likeness (QED) is 0.904. The molecule has 5 nitrogen and oxygen atoms in total. The van der Waals surface area contributed by atoms with E-state index >= 15 is 0 Å². The molecule has 0 saturated carbocycles. The zero-order valence-corrected chi connectivity index (χ0v) is 13.1. The van der Waals surface area contributed by atoms with Crippen molar-refractivity contribution in [2.75, 3.05) is 6.54 Å². The van der Waals surface area contributed by atoms with E-state index in [0.29, 0.717) is 17.1 Å². The molecule has 6 heteroatoms. The third kappa shape index (κ3) is 2.92. The van der Waals surface area contributed by atoms with Crippen molar-refractivity contribution in [3.05, 3.63) is 18.0 Å². The van der Waals surface area contributed by atoms with Crippen LogP contribution in [0.4, 0.5) is 0 Å². The molecule has 1 fully saturated rings. The van der Waals surface area contributed by atoms with Crippen LogP contribution in [-0.2, 0) is 23.2 Å². The summed E-state index contributed by atoms with van der Waals surface area (Å²) in [7, 11) is -3.44. The van der Waals surface area contributed by atoms with Crippen LogP contribution in [0.2, 0.25) is 0 Å². The van der Waals surface area contributed by atoms with Gasteiger partial charge < -0.3 is 9.67 Å². The molecule has 20 heavy (non-hydrogen) atoms. The highest BCUT2D eigenvalue weighted by Gasteiger charge is 2.32. The Morgan fingerprint density at radius 3 is 2.75 bits per heavy atom. The number of sulfonamides is 1. The van der Waals surface area contributed by atoms with E-state index in [4.69, 9.17) is 0 Å². The Hall–Kier alpha value is -0.850. The molecule has 0 aromatic carbocycles. The molecule has 1 aliphatic heterocycles. The highest BCUT2D eigenvalue weighted by Crippen LogP contribution is 2.26. The van der Waals surface area contributed by atoms with Gasteiger partial charge in [0.2, 0.25) is 10.0 Å². The summed E-state index contributed by atoms with van der Waals surface area (Å²) < 4.78 is 28.9. The standard InChI is InChI=1S/C14H24N2O3S/c1-3-7-15-10-14(9-13(15)11-17)20(18,19)16-8-5-4-6-12(16)2/h9-10,12,17H,3-8,11H2,1-2H3. The SMILES string of the molecule is CCCn1cc(S(=O)(=O)N2CCCCC2C)cc1CO. The molecule has 114 valence electrons. The van der Waals surface area contributed by atoms with Crippen LogP contribution >= 0.6 is 0 Å². The molecule has 1 aromatic rings. The lowest BCUT2D eigenvalue weighted by Crippen LogP contribution is -2.41. The predicted molar refractivity (Wildman–Crippen MR) is 77.9 cm³/mol. The van der Waals surface area contributed by atoms with E-state index in [1.807, 2.05) is 18.4 Å². The van der Waals surface area contributed by atoms with Crippen LogP contribution in [0, 0.1) is 0 Å². The first kappa shape index (κ1) is 15.5. The van der Waals surface area contributed by atoms with E-state index in [0.717, 1.165) is 32.2 Å². The molecule has 1 N–H and O–H groups in total. The maximum atomic E-state index is 12.7. The summed E-state index contributed by atoms with van der Waals surface area (Å²) in [5.74, 6) is 0. The van der Waals surface area contributed by atoms with Crippen molar-refractivity contribution in [1.82, 2.24) is 8.87 Å². The lowest BCUT2D eigenvalue weighted by Gasteiger charge is -2.31. The van der Waals surface area contributed by atoms with Gasteiger partial charge in [0.1, 0.15) is 4.90 Å². The first-order valence-electron chi connectivity index (χ1n) is 7.32. The first-order chi connectivity index (χ1) is 9.50. The average Bonchev–Trinajstić information content (AvgIpc) is 2.83. The molecule has 1 aliphatic rings. The number of nitrogens with zero attached hydrogens (tertiary/aromatic N) is 2. The van der Waals surface area contributed by atoms with Crippen LogP contribution < -0.4 is 0 Å². The fourth-order valence-electron chi connectivity index (χ4n) is 2.81. The molecule has 1 atom stereocenters. The number of hydrogen-bond donors (Lipinski definition) is 1.